The van der Waals surface area contributed by atoms with Crippen LogP contribution in [0.4, 0.5) is 0 Å². The summed E-state index contributed by atoms with van der Waals surface area (Å²) in [5.74, 6) is -0.0246. The third-order valence-corrected chi connectivity index (χ3v) is 4.37. The number of ether oxygens (including phenoxy) is 1. The minimum absolute atomic E-state index is 0.275. The normalized spacial score (nSPS) is 10.5. The molecule has 0 saturated carbocycles. The second kappa shape index (κ2) is 9.59. The summed E-state index contributed by atoms with van der Waals surface area (Å²) in [6, 6.07) is 11.7. The van der Waals surface area contributed by atoms with E-state index in [-0.39, 0.29) is 5.56 Å². The van der Waals surface area contributed by atoms with Gasteiger partial charge in [-0.05, 0) is 42.7 Å². The van der Waals surface area contributed by atoms with Crippen molar-refractivity contribution in [3.05, 3.63) is 63.1 Å². The molecule has 0 aliphatic heterocycles. The number of amides is 2. The van der Waals surface area contributed by atoms with Crippen molar-refractivity contribution in [2.24, 2.45) is 5.92 Å². The molecular weight excluding hydrogens is 420 g/mol. The van der Waals surface area contributed by atoms with Crippen molar-refractivity contribution in [3.63, 3.8) is 0 Å². The summed E-state index contributed by atoms with van der Waals surface area (Å²) < 4.78 is 6.45. The number of hydrogen-bond donors (Lipinski definition) is 2. The van der Waals surface area contributed by atoms with Gasteiger partial charge in [0, 0.05) is 4.47 Å². The number of benzene rings is 2. The molecule has 7 heteroatoms. The minimum atomic E-state index is -0.499. The van der Waals surface area contributed by atoms with Crippen LogP contribution >= 0.6 is 27.5 Å². The van der Waals surface area contributed by atoms with E-state index in [1.54, 1.807) is 42.5 Å². The van der Waals surface area contributed by atoms with Crippen LogP contribution in [0.15, 0.2) is 46.9 Å². The summed E-state index contributed by atoms with van der Waals surface area (Å²) in [6.45, 7) is 4.71. The molecule has 2 rings (SSSR count). The molecule has 138 valence electrons. The third kappa shape index (κ3) is 5.75. The van der Waals surface area contributed by atoms with Gasteiger partial charge in [-0.25, -0.2) is 0 Å². The molecule has 0 atom stereocenters. The van der Waals surface area contributed by atoms with Gasteiger partial charge >= 0.3 is 0 Å². The predicted molar refractivity (Wildman–Crippen MR) is 105 cm³/mol. The van der Waals surface area contributed by atoms with Crippen molar-refractivity contribution in [1.29, 1.82) is 0 Å². The lowest BCUT2D eigenvalue weighted by molar-refractivity contribution is 0.0844. The Kier molecular flexibility index (Phi) is 7.48. The fourth-order valence-corrected chi connectivity index (χ4v) is 2.69. The van der Waals surface area contributed by atoms with Crippen LogP contribution in [0.25, 0.3) is 0 Å². The highest BCUT2D eigenvalue weighted by atomic mass is 79.9. The van der Waals surface area contributed by atoms with Gasteiger partial charge in [0.15, 0.2) is 0 Å². The molecule has 0 unspecified atom stereocenters. The standard InChI is InChI=1S/C19H20BrClN2O3/c1-12(2)9-10-26-17-8-7-13(20)11-15(17)19(25)23-22-18(24)14-5-3-4-6-16(14)21/h3-8,11-12H,9-10H2,1-2H3,(H,22,24)(H,23,25). The zero-order valence-corrected chi connectivity index (χ0v) is 16.9. The van der Waals surface area contributed by atoms with Crippen LogP contribution in [0.5, 0.6) is 5.75 Å². The molecule has 0 radical (unpaired) electrons. The quantitative estimate of drug-likeness (QED) is 0.646. The van der Waals surface area contributed by atoms with Crippen LogP contribution in [0.1, 0.15) is 41.0 Å². The Morgan fingerprint density at radius 2 is 1.73 bits per heavy atom. The molecule has 0 heterocycles. The first-order chi connectivity index (χ1) is 12.4. The Balaban J connectivity index is 2.05. The fourth-order valence-electron chi connectivity index (χ4n) is 2.10. The lowest BCUT2D eigenvalue weighted by Gasteiger charge is -2.14. The van der Waals surface area contributed by atoms with Crippen molar-refractivity contribution in [2.45, 2.75) is 20.3 Å². The SMILES string of the molecule is CC(C)CCOc1ccc(Br)cc1C(=O)NNC(=O)c1ccccc1Cl. The maximum atomic E-state index is 12.5. The summed E-state index contributed by atoms with van der Waals surface area (Å²) in [4.78, 5) is 24.6. The van der Waals surface area contributed by atoms with E-state index >= 15 is 0 Å². The van der Waals surface area contributed by atoms with E-state index in [1.165, 1.54) is 0 Å². The number of carbonyl (C=O) groups excluding carboxylic acids is 2. The zero-order chi connectivity index (χ0) is 19.1. The number of rotatable bonds is 6. The Hall–Kier alpha value is -2.05. The maximum Gasteiger partial charge on any atom is 0.273 e. The topological polar surface area (TPSA) is 67.4 Å². The molecule has 0 bridgehead atoms. The molecule has 0 aromatic heterocycles. The Labute approximate surface area is 166 Å². The second-order valence-corrected chi connectivity index (χ2v) is 7.38. The van der Waals surface area contributed by atoms with Gasteiger partial charge in [-0.3, -0.25) is 20.4 Å². The molecule has 2 aromatic rings. The first-order valence-corrected chi connectivity index (χ1v) is 9.33. The molecule has 26 heavy (non-hydrogen) atoms. The van der Waals surface area contributed by atoms with Gasteiger partial charge in [-0.1, -0.05) is 53.5 Å². The van der Waals surface area contributed by atoms with Gasteiger partial charge in [0.2, 0.25) is 0 Å². The monoisotopic (exact) mass is 438 g/mol. The van der Waals surface area contributed by atoms with Crippen LogP contribution in [0.3, 0.4) is 0 Å². The predicted octanol–water partition coefficient (Wildman–Crippen LogP) is 4.60. The first kappa shape index (κ1) is 20.3. The summed E-state index contributed by atoms with van der Waals surface area (Å²) in [5, 5.41) is 0.305. The highest BCUT2D eigenvalue weighted by Gasteiger charge is 2.16. The van der Waals surface area contributed by atoms with E-state index in [0.717, 1.165) is 10.9 Å². The molecule has 0 saturated heterocycles. The van der Waals surface area contributed by atoms with Gasteiger partial charge in [0.25, 0.3) is 11.8 Å². The Bertz CT molecular complexity index is 796. The largest absolute Gasteiger partial charge is 0.493 e. The zero-order valence-electron chi connectivity index (χ0n) is 14.5. The summed E-state index contributed by atoms with van der Waals surface area (Å²) in [7, 11) is 0. The molecule has 2 aromatic carbocycles. The number of nitrogens with one attached hydrogen (secondary N) is 2. The van der Waals surface area contributed by atoms with Crippen molar-refractivity contribution >= 4 is 39.3 Å². The molecule has 0 spiro atoms. The smallest absolute Gasteiger partial charge is 0.273 e. The van der Waals surface area contributed by atoms with Crippen molar-refractivity contribution in [3.8, 4) is 5.75 Å². The summed E-state index contributed by atoms with van der Waals surface area (Å²) in [5.41, 5.74) is 5.36. The third-order valence-electron chi connectivity index (χ3n) is 3.55. The molecule has 2 amide bonds. The first-order valence-electron chi connectivity index (χ1n) is 8.16. The van der Waals surface area contributed by atoms with E-state index in [1.807, 2.05) is 0 Å². The number of carbonyl (C=O) groups is 2. The number of hydrogen-bond acceptors (Lipinski definition) is 3. The van der Waals surface area contributed by atoms with E-state index in [2.05, 4.69) is 40.6 Å². The molecule has 0 fully saturated rings. The van der Waals surface area contributed by atoms with Crippen molar-refractivity contribution in [1.82, 2.24) is 10.9 Å². The highest BCUT2D eigenvalue weighted by Crippen LogP contribution is 2.23. The van der Waals surface area contributed by atoms with Gasteiger partial charge in [0.05, 0.1) is 22.8 Å². The fraction of sp³-hybridized carbons (Fsp3) is 0.263. The highest BCUT2D eigenvalue weighted by molar-refractivity contribution is 9.10. The van der Waals surface area contributed by atoms with Crippen molar-refractivity contribution < 1.29 is 14.3 Å². The molecular formula is C19H20BrClN2O3. The van der Waals surface area contributed by atoms with Crippen LogP contribution in [-0.4, -0.2) is 18.4 Å². The van der Waals surface area contributed by atoms with Gasteiger partial charge < -0.3 is 4.74 Å². The van der Waals surface area contributed by atoms with Gasteiger partial charge in [-0.2, -0.15) is 0 Å². The number of hydrazine groups is 1. The summed E-state index contributed by atoms with van der Waals surface area (Å²) in [6.07, 6.45) is 0.875. The average Bonchev–Trinajstić information content (AvgIpc) is 2.60. The van der Waals surface area contributed by atoms with Crippen LogP contribution in [0.2, 0.25) is 5.02 Å². The van der Waals surface area contributed by atoms with Gasteiger partial charge in [0.1, 0.15) is 5.75 Å². The second-order valence-electron chi connectivity index (χ2n) is 6.06. The van der Waals surface area contributed by atoms with E-state index in [4.69, 9.17) is 16.3 Å². The lowest BCUT2D eigenvalue weighted by atomic mass is 10.1. The van der Waals surface area contributed by atoms with Crippen molar-refractivity contribution in [2.75, 3.05) is 6.61 Å². The van der Waals surface area contributed by atoms with Crippen LogP contribution in [-0.2, 0) is 0 Å². The minimum Gasteiger partial charge on any atom is -0.493 e. The molecule has 0 aliphatic carbocycles. The van der Waals surface area contributed by atoms with E-state index in [0.29, 0.717) is 28.9 Å². The maximum absolute atomic E-state index is 12.5. The Morgan fingerprint density at radius 1 is 1.08 bits per heavy atom. The van der Waals surface area contributed by atoms with Gasteiger partial charge in [-0.15, -0.1) is 0 Å². The molecule has 2 N–H and O–H groups in total. The van der Waals surface area contributed by atoms with E-state index < -0.39 is 11.8 Å². The van der Waals surface area contributed by atoms with Crippen LogP contribution in [0, 0.1) is 5.92 Å². The molecule has 0 aliphatic rings. The van der Waals surface area contributed by atoms with Crippen LogP contribution < -0.4 is 15.6 Å². The van der Waals surface area contributed by atoms with E-state index in [9.17, 15) is 9.59 Å². The Morgan fingerprint density at radius 3 is 2.38 bits per heavy atom. The summed E-state index contributed by atoms with van der Waals surface area (Å²) >= 11 is 9.32. The molecule has 5 nitrogen and oxygen atoms in total. The average molecular weight is 440 g/mol. The lowest BCUT2D eigenvalue weighted by Crippen LogP contribution is -2.41. The number of halogens is 2.